The van der Waals surface area contributed by atoms with Crippen molar-refractivity contribution in [3.63, 3.8) is 0 Å². The molecule has 4 nitrogen and oxygen atoms in total. The summed E-state index contributed by atoms with van der Waals surface area (Å²) in [6, 6.07) is 15.7. The molecule has 0 aliphatic rings. The van der Waals surface area contributed by atoms with Crippen molar-refractivity contribution in [1.82, 2.24) is 10.2 Å². The summed E-state index contributed by atoms with van der Waals surface area (Å²) in [6.45, 7) is 2.36. The summed E-state index contributed by atoms with van der Waals surface area (Å²) < 4.78 is 19.0. The molecule has 1 N–H and O–H groups in total. The first-order chi connectivity index (χ1) is 12.0. The Bertz CT molecular complexity index is 842. The summed E-state index contributed by atoms with van der Waals surface area (Å²) in [6.07, 6.45) is 0.580. The Labute approximate surface area is 146 Å². The molecule has 2 amide bonds. The highest BCUT2D eigenvalue weighted by molar-refractivity contribution is 5.78. The number of halogens is 1. The van der Waals surface area contributed by atoms with Crippen molar-refractivity contribution in [3.05, 3.63) is 71.7 Å². The molecule has 0 spiro atoms. The number of hydrogen-bond acceptors (Lipinski definition) is 2. The molecule has 0 saturated carbocycles. The van der Waals surface area contributed by atoms with Gasteiger partial charge in [0.05, 0.1) is 6.04 Å². The van der Waals surface area contributed by atoms with E-state index in [0.29, 0.717) is 13.0 Å². The Kier molecular flexibility index (Phi) is 5.03. The minimum atomic E-state index is -0.264. The molecule has 3 aromatic rings. The van der Waals surface area contributed by atoms with Crippen LogP contribution in [0.15, 0.2) is 59.0 Å². The lowest BCUT2D eigenvalue weighted by molar-refractivity contribution is 0.188. The maximum absolute atomic E-state index is 13.2. The quantitative estimate of drug-likeness (QED) is 0.742. The van der Waals surface area contributed by atoms with Gasteiger partial charge in [-0.05, 0) is 43.2 Å². The predicted molar refractivity (Wildman–Crippen MR) is 95.9 cm³/mol. The zero-order chi connectivity index (χ0) is 17.8. The number of carbonyl (C=O) groups is 1. The molecule has 0 unspecified atom stereocenters. The topological polar surface area (TPSA) is 45.5 Å². The minimum absolute atomic E-state index is 0.190. The summed E-state index contributed by atoms with van der Waals surface area (Å²) in [5.41, 5.74) is 1.66. The second kappa shape index (κ2) is 7.38. The van der Waals surface area contributed by atoms with E-state index in [4.69, 9.17) is 4.42 Å². The van der Waals surface area contributed by atoms with Crippen LogP contribution in [0, 0.1) is 5.82 Å². The van der Waals surface area contributed by atoms with Crippen LogP contribution in [0.3, 0.4) is 0 Å². The van der Waals surface area contributed by atoms with E-state index in [1.54, 1.807) is 18.0 Å². The number of nitrogens with one attached hydrogen (secondary N) is 1. The molecule has 1 aromatic heterocycles. The molecule has 0 bridgehead atoms. The highest BCUT2D eigenvalue weighted by Crippen LogP contribution is 2.26. The number of amides is 2. The largest absolute Gasteiger partial charge is 0.459 e. The van der Waals surface area contributed by atoms with Crippen LogP contribution in [-0.2, 0) is 6.42 Å². The smallest absolute Gasteiger partial charge is 0.317 e. The Hall–Kier alpha value is -2.82. The summed E-state index contributed by atoms with van der Waals surface area (Å²) in [5.74, 6) is 0.475. The van der Waals surface area contributed by atoms with Crippen LogP contribution in [-0.4, -0.2) is 24.5 Å². The first-order valence-electron chi connectivity index (χ1n) is 8.28. The Morgan fingerprint density at radius 1 is 1.20 bits per heavy atom. The van der Waals surface area contributed by atoms with Crippen LogP contribution in [0.4, 0.5) is 9.18 Å². The molecule has 0 aliphatic heterocycles. The number of carbonyl (C=O) groups excluding carboxylic acids is 1. The fourth-order valence-corrected chi connectivity index (χ4v) is 2.71. The molecular formula is C20H21FN2O2. The van der Waals surface area contributed by atoms with Crippen molar-refractivity contribution in [2.75, 3.05) is 13.6 Å². The first kappa shape index (κ1) is 17.0. The van der Waals surface area contributed by atoms with Crippen molar-refractivity contribution in [2.45, 2.75) is 19.4 Å². The van der Waals surface area contributed by atoms with Gasteiger partial charge < -0.3 is 14.6 Å². The second-order valence-electron chi connectivity index (χ2n) is 6.09. The zero-order valence-electron chi connectivity index (χ0n) is 14.3. The number of nitrogens with zero attached hydrogens (tertiary/aromatic N) is 1. The minimum Gasteiger partial charge on any atom is -0.459 e. The van der Waals surface area contributed by atoms with Crippen LogP contribution in [0.1, 0.15) is 24.3 Å². The Morgan fingerprint density at radius 3 is 2.76 bits per heavy atom. The summed E-state index contributed by atoms with van der Waals surface area (Å²) in [7, 11) is 1.73. The molecular weight excluding hydrogens is 319 g/mol. The fraction of sp³-hybridized carbons (Fsp3) is 0.250. The lowest BCUT2D eigenvalue weighted by Crippen LogP contribution is -2.39. The van der Waals surface area contributed by atoms with Gasteiger partial charge in [-0.15, -0.1) is 0 Å². The van der Waals surface area contributed by atoms with Gasteiger partial charge in [0.25, 0.3) is 0 Å². The number of rotatable bonds is 5. The lowest BCUT2D eigenvalue weighted by Gasteiger charge is -2.23. The maximum Gasteiger partial charge on any atom is 0.317 e. The summed E-state index contributed by atoms with van der Waals surface area (Å²) >= 11 is 0. The van der Waals surface area contributed by atoms with Crippen molar-refractivity contribution >= 4 is 17.0 Å². The molecule has 3 rings (SSSR count). The Balaban J connectivity index is 1.57. The number of furan rings is 1. The van der Waals surface area contributed by atoms with Gasteiger partial charge >= 0.3 is 6.03 Å². The van der Waals surface area contributed by atoms with E-state index in [2.05, 4.69) is 5.32 Å². The van der Waals surface area contributed by atoms with Gasteiger partial charge in [0.15, 0.2) is 0 Å². The molecule has 0 radical (unpaired) electrons. The van der Waals surface area contributed by atoms with E-state index in [1.165, 1.54) is 12.1 Å². The van der Waals surface area contributed by atoms with Crippen molar-refractivity contribution in [1.29, 1.82) is 0 Å². The van der Waals surface area contributed by atoms with E-state index in [0.717, 1.165) is 22.3 Å². The van der Waals surface area contributed by atoms with Gasteiger partial charge in [0.2, 0.25) is 0 Å². The van der Waals surface area contributed by atoms with Crippen molar-refractivity contribution in [3.8, 4) is 0 Å². The maximum atomic E-state index is 13.2. The number of urea groups is 1. The summed E-state index contributed by atoms with van der Waals surface area (Å²) in [4.78, 5) is 13.9. The third-order valence-corrected chi connectivity index (χ3v) is 4.34. The normalized spacial score (nSPS) is 12.1. The SMILES string of the molecule is C[C@@H](c1cc2ccccc2o1)N(C)C(=O)NCCc1cccc(F)c1. The van der Waals surface area contributed by atoms with E-state index < -0.39 is 0 Å². The molecule has 2 aromatic carbocycles. The first-order valence-corrected chi connectivity index (χ1v) is 8.28. The van der Waals surface area contributed by atoms with E-state index >= 15 is 0 Å². The Morgan fingerprint density at radius 2 is 2.00 bits per heavy atom. The predicted octanol–water partition coefficient (Wildman–Crippen LogP) is 4.52. The van der Waals surface area contributed by atoms with Crippen molar-refractivity contribution < 1.29 is 13.6 Å². The molecule has 0 fully saturated rings. The van der Waals surface area contributed by atoms with E-state index in [1.807, 2.05) is 43.3 Å². The molecule has 1 atom stereocenters. The van der Waals surface area contributed by atoms with Crippen LogP contribution >= 0.6 is 0 Å². The van der Waals surface area contributed by atoms with Gasteiger partial charge in [0, 0.05) is 19.0 Å². The highest BCUT2D eigenvalue weighted by Gasteiger charge is 2.20. The van der Waals surface area contributed by atoms with Crippen LogP contribution in [0.2, 0.25) is 0 Å². The number of fused-ring (bicyclic) bond motifs is 1. The molecule has 1 heterocycles. The summed E-state index contributed by atoms with van der Waals surface area (Å²) in [5, 5.41) is 3.88. The average molecular weight is 340 g/mol. The third-order valence-electron chi connectivity index (χ3n) is 4.34. The van der Waals surface area contributed by atoms with E-state index in [9.17, 15) is 9.18 Å². The molecule has 5 heteroatoms. The number of hydrogen-bond donors (Lipinski definition) is 1. The molecule has 25 heavy (non-hydrogen) atoms. The monoisotopic (exact) mass is 340 g/mol. The van der Waals surface area contributed by atoms with Gasteiger partial charge in [-0.1, -0.05) is 30.3 Å². The van der Waals surface area contributed by atoms with Crippen LogP contribution < -0.4 is 5.32 Å². The standard InChI is InChI=1S/C20H21FN2O2/c1-14(19-13-16-7-3-4-9-18(16)25-19)23(2)20(24)22-11-10-15-6-5-8-17(21)12-15/h3-9,12-14H,10-11H2,1-2H3,(H,22,24)/t14-/m0/s1. The van der Waals surface area contributed by atoms with Crippen LogP contribution in [0.5, 0.6) is 0 Å². The molecule has 130 valence electrons. The average Bonchev–Trinajstić information content (AvgIpc) is 3.04. The van der Waals surface area contributed by atoms with E-state index in [-0.39, 0.29) is 17.9 Å². The number of benzene rings is 2. The molecule has 0 saturated heterocycles. The third kappa shape index (κ3) is 3.99. The fourth-order valence-electron chi connectivity index (χ4n) is 2.71. The van der Waals surface area contributed by atoms with Gasteiger partial charge in [-0.2, -0.15) is 0 Å². The number of para-hydroxylation sites is 1. The van der Waals surface area contributed by atoms with Gasteiger partial charge in [-0.25, -0.2) is 9.18 Å². The second-order valence-corrected chi connectivity index (χ2v) is 6.09. The van der Waals surface area contributed by atoms with Crippen molar-refractivity contribution in [2.24, 2.45) is 0 Å². The molecule has 0 aliphatic carbocycles. The van der Waals surface area contributed by atoms with Gasteiger partial charge in [-0.3, -0.25) is 0 Å². The van der Waals surface area contributed by atoms with Gasteiger partial charge in [0.1, 0.15) is 17.2 Å². The lowest BCUT2D eigenvalue weighted by atomic mass is 10.1. The van der Waals surface area contributed by atoms with Crippen LogP contribution in [0.25, 0.3) is 11.0 Å². The highest BCUT2D eigenvalue weighted by atomic mass is 19.1. The zero-order valence-corrected chi connectivity index (χ0v) is 14.3.